The SMILES string of the molecule is [B]N1CCC(CCCOc2cc(F)cc(F)c2)CC1. The highest BCUT2D eigenvalue weighted by Crippen LogP contribution is 2.21. The zero-order valence-electron chi connectivity index (χ0n) is 10.9. The standard InChI is InChI=1S/C14H18BF2NO/c15-18-5-3-11(4-6-18)2-1-7-19-14-9-12(16)8-13(17)10-14/h8-11H,1-7H2. The maximum atomic E-state index is 12.9. The summed E-state index contributed by atoms with van der Waals surface area (Å²) < 4.78 is 31.2. The minimum absolute atomic E-state index is 0.259. The molecule has 1 aromatic rings. The molecule has 1 aliphatic heterocycles. The van der Waals surface area contributed by atoms with Crippen LogP contribution >= 0.6 is 0 Å². The highest BCUT2D eigenvalue weighted by atomic mass is 19.1. The third kappa shape index (κ3) is 4.82. The van der Waals surface area contributed by atoms with Crippen molar-refractivity contribution in [2.75, 3.05) is 19.7 Å². The quantitative estimate of drug-likeness (QED) is 0.599. The van der Waals surface area contributed by atoms with Crippen LogP contribution in [0.5, 0.6) is 5.75 Å². The Morgan fingerprint density at radius 3 is 2.42 bits per heavy atom. The third-order valence-electron chi connectivity index (χ3n) is 3.51. The van der Waals surface area contributed by atoms with Crippen LogP contribution in [0, 0.1) is 17.6 Å². The molecule has 0 N–H and O–H groups in total. The van der Waals surface area contributed by atoms with E-state index in [1.165, 1.54) is 12.1 Å². The van der Waals surface area contributed by atoms with Crippen LogP contribution in [0.1, 0.15) is 25.7 Å². The highest BCUT2D eigenvalue weighted by molar-refractivity contribution is 6.04. The maximum absolute atomic E-state index is 12.9. The number of hydrogen-bond acceptors (Lipinski definition) is 2. The Morgan fingerprint density at radius 1 is 1.16 bits per heavy atom. The van der Waals surface area contributed by atoms with Crippen LogP contribution in [-0.2, 0) is 0 Å². The highest BCUT2D eigenvalue weighted by Gasteiger charge is 2.15. The summed E-state index contributed by atoms with van der Waals surface area (Å²) in [4.78, 5) is 1.85. The van der Waals surface area contributed by atoms with Gasteiger partial charge in [0, 0.05) is 18.2 Å². The second-order valence-electron chi connectivity index (χ2n) is 5.08. The van der Waals surface area contributed by atoms with E-state index < -0.39 is 11.6 Å². The lowest BCUT2D eigenvalue weighted by Gasteiger charge is -2.29. The van der Waals surface area contributed by atoms with Crippen molar-refractivity contribution >= 4 is 7.98 Å². The Labute approximate surface area is 114 Å². The first kappa shape index (κ1) is 14.3. The molecule has 0 aromatic heterocycles. The minimum atomic E-state index is -0.606. The first-order valence-electron chi connectivity index (χ1n) is 6.72. The van der Waals surface area contributed by atoms with Gasteiger partial charge in [-0.2, -0.15) is 0 Å². The van der Waals surface area contributed by atoms with E-state index in [4.69, 9.17) is 12.7 Å². The monoisotopic (exact) mass is 265 g/mol. The van der Waals surface area contributed by atoms with Gasteiger partial charge in [-0.15, -0.1) is 0 Å². The molecule has 1 aromatic carbocycles. The molecule has 19 heavy (non-hydrogen) atoms. The van der Waals surface area contributed by atoms with Gasteiger partial charge in [0.1, 0.15) is 17.4 Å². The normalized spacial score (nSPS) is 17.6. The van der Waals surface area contributed by atoms with Crippen LogP contribution in [0.2, 0.25) is 0 Å². The van der Waals surface area contributed by atoms with Gasteiger partial charge in [0.2, 0.25) is 0 Å². The lowest BCUT2D eigenvalue weighted by atomic mass is 9.91. The number of piperidine rings is 1. The Kier molecular flexibility index (Phi) is 5.20. The molecule has 5 heteroatoms. The summed E-state index contributed by atoms with van der Waals surface area (Å²) in [5, 5.41) is 0. The van der Waals surface area contributed by atoms with Crippen molar-refractivity contribution in [3.05, 3.63) is 29.8 Å². The molecule has 1 fully saturated rings. The molecule has 1 saturated heterocycles. The van der Waals surface area contributed by atoms with E-state index in [0.717, 1.165) is 44.8 Å². The number of rotatable bonds is 5. The number of hydrogen-bond donors (Lipinski definition) is 0. The average Bonchev–Trinajstić information content (AvgIpc) is 2.36. The second kappa shape index (κ2) is 6.89. The van der Waals surface area contributed by atoms with E-state index in [1.54, 1.807) is 0 Å². The number of nitrogens with zero attached hydrogens (tertiary/aromatic N) is 1. The van der Waals surface area contributed by atoms with Gasteiger partial charge in [0.15, 0.2) is 7.98 Å². The second-order valence-corrected chi connectivity index (χ2v) is 5.08. The predicted molar refractivity (Wildman–Crippen MR) is 71.1 cm³/mol. The van der Waals surface area contributed by atoms with Gasteiger partial charge in [-0.25, -0.2) is 8.78 Å². The van der Waals surface area contributed by atoms with Gasteiger partial charge in [0.05, 0.1) is 6.61 Å². The fourth-order valence-corrected chi connectivity index (χ4v) is 2.42. The number of halogens is 2. The molecule has 0 saturated carbocycles. The molecule has 0 atom stereocenters. The van der Waals surface area contributed by atoms with Gasteiger partial charge in [-0.05, 0) is 44.7 Å². The lowest BCUT2D eigenvalue weighted by Crippen LogP contribution is -2.31. The van der Waals surface area contributed by atoms with E-state index >= 15 is 0 Å². The lowest BCUT2D eigenvalue weighted by molar-refractivity contribution is 0.241. The molecule has 0 bridgehead atoms. The van der Waals surface area contributed by atoms with Crippen LogP contribution in [0.3, 0.4) is 0 Å². The van der Waals surface area contributed by atoms with Crippen molar-refractivity contribution in [1.82, 2.24) is 4.81 Å². The third-order valence-corrected chi connectivity index (χ3v) is 3.51. The molecule has 2 nitrogen and oxygen atoms in total. The molecule has 1 heterocycles. The van der Waals surface area contributed by atoms with Gasteiger partial charge in [0.25, 0.3) is 0 Å². The molecule has 2 rings (SSSR count). The van der Waals surface area contributed by atoms with Crippen molar-refractivity contribution in [2.24, 2.45) is 5.92 Å². The summed E-state index contributed by atoms with van der Waals surface area (Å²) in [6, 6.07) is 3.25. The summed E-state index contributed by atoms with van der Waals surface area (Å²) in [5.74, 6) is -0.266. The zero-order valence-corrected chi connectivity index (χ0v) is 10.9. The number of ether oxygens (including phenoxy) is 1. The Bertz CT molecular complexity index is 388. The van der Waals surface area contributed by atoms with Crippen LogP contribution in [-0.4, -0.2) is 32.5 Å². The molecule has 2 radical (unpaired) electrons. The average molecular weight is 265 g/mol. The largest absolute Gasteiger partial charge is 0.493 e. The van der Waals surface area contributed by atoms with E-state index in [-0.39, 0.29) is 5.75 Å². The van der Waals surface area contributed by atoms with Crippen LogP contribution in [0.15, 0.2) is 18.2 Å². The van der Waals surface area contributed by atoms with E-state index in [0.29, 0.717) is 12.5 Å². The molecular weight excluding hydrogens is 247 g/mol. The Balaban J connectivity index is 1.66. The van der Waals surface area contributed by atoms with Crippen molar-refractivity contribution in [1.29, 1.82) is 0 Å². The van der Waals surface area contributed by atoms with Crippen molar-refractivity contribution in [2.45, 2.75) is 25.7 Å². The van der Waals surface area contributed by atoms with Crippen molar-refractivity contribution in [3.8, 4) is 5.75 Å². The maximum Gasteiger partial charge on any atom is 0.182 e. The van der Waals surface area contributed by atoms with Gasteiger partial charge in [-0.3, -0.25) is 0 Å². The topological polar surface area (TPSA) is 12.5 Å². The number of benzene rings is 1. The van der Waals surface area contributed by atoms with Crippen LogP contribution in [0.4, 0.5) is 8.78 Å². The predicted octanol–water partition coefficient (Wildman–Crippen LogP) is 2.92. The van der Waals surface area contributed by atoms with Crippen LogP contribution < -0.4 is 4.74 Å². The van der Waals surface area contributed by atoms with E-state index in [1.807, 2.05) is 4.81 Å². The fraction of sp³-hybridized carbons (Fsp3) is 0.571. The fourth-order valence-electron chi connectivity index (χ4n) is 2.42. The first-order chi connectivity index (χ1) is 9.13. The summed E-state index contributed by atoms with van der Waals surface area (Å²) in [5.41, 5.74) is 0. The molecule has 0 unspecified atom stereocenters. The van der Waals surface area contributed by atoms with Gasteiger partial charge < -0.3 is 9.55 Å². The minimum Gasteiger partial charge on any atom is -0.493 e. The summed E-state index contributed by atoms with van der Waals surface area (Å²) >= 11 is 0. The summed E-state index contributed by atoms with van der Waals surface area (Å²) in [7, 11) is 5.69. The molecule has 0 amide bonds. The Hall–Kier alpha value is -1.10. The molecule has 0 spiro atoms. The van der Waals surface area contributed by atoms with E-state index in [2.05, 4.69) is 0 Å². The van der Waals surface area contributed by atoms with Crippen LogP contribution in [0.25, 0.3) is 0 Å². The smallest absolute Gasteiger partial charge is 0.182 e. The summed E-state index contributed by atoms with van der Waals surface area (Å²) in [6.45, 7) is 2.38. The van der Waals surface area contributed by atoms with Gasteiger partial charge in [-0.1, -0.05) is 0 Å². The van der Waals surface area contributed by atoms with Gasteiger partial charge >= 0.3 is 0 Å². The zero-order chi connectivity index (χ0) is 13.7. The summed E-state index contributed by atoms with van der Waals surface area (Å²) in [6.07, 6.45) is 4.20. The van der Waals surface area contributed by atoms with E-state index in [9.17, 15) is 8.78 Å². The molecular formula is C14H18BF2NO. The first-order valence-corrected chi connectivity index (χ1v) is 6.72. The molecule has 102 valence electrons. The molecule has 1 aliphatic rings. The van der Waals surface area contributed by atoms with Crippen molar-refractivity contribution < 1.29 is 13.5 Å². The molecule has 0 aliphatic carbocycles. The van der Waals surface area contributed by atoms with Crippen molar-refractivity contribution in [3.63, 3.8) is 0 Å². The Morgan fingerprint density at radius 2 is 1.79 bits per heavy atom.